The molecular formula is C14H23N5O6S. The van der Waals surface area contributed by atoms with Crippen molar-refractivity contribution in [2.45, 2.75) is 50.2 Å². The van der Waals surface area contributed by atoms with Crippen LogP contribution in [0.3, 0.4) is 0 Å². The molecule has 4 N–H and O–H groups in total. The normalized spacial score (nSPS) is 31.4. The van der Waals surface area contributed by atoms with E-state index in [1.54, 1.807) is 0 Å². The lowest BCUT2D eigenvalue weighted by atomic mass is 9.99. The largest absolute Gasteiger partial charge is 0.418 e. The fourth-order valence-electron chi connectivity index (χ4n) is 3.93. The van der Waals surface area contributed by atoms with Gasteiger partial charge >= 0.3 is 16.4 Å². The number of hydrogen-bond acceptors (Lipinski definition) is 7. The van der Waals surface area contributed by atoms with E-state index in [0.29, 0.717) is 30.4 Å². The number of nitrogens with one attached hydrogen (secondary N) is 3. The molecule has 26 heavy (non-hydrogen) atoms. The molecular weight excluding hydrogens is 366 g/mol. The Morgan fingerprint density at radius 3 is 2.65 bits per heavy atom. The predicted octanol–water partition coefficient (Wildman–Crippen LogP) is -0.529. The van der Waals surface area contributed by atoms with E-state index >= 15 is 0 Å². The zero-order chi connectivity index (χ0) is 19.1. The molecule has 11 nitrogen and oxygen atoms in total. The van der Waals surface area contributed by atoms with E-state index in [4.69, 9.17) is 9.96 Å². The van der Waals surface area contributed by atoms with Crippen molar-refractivity contribution in [3.63, 3.8) is 0 Å². The molecule has 3 amide bonds. The van der Waals surface area contributed by atoms with E-state index < -0.39 is 28.5 Å². The maximum absolute atomic E-state index is 12.4. The fourth-order valence-corrected chi connectivity index (χ4v) is 4.32. The Morgan fingerprint density at radius 2 is 2.04 bits per heavy atom. The Morgan fingerprint density at radius 1 is 1.31 bits per heavy atom. The summed E-state index contributed by atoms with van der Waals surface area (Å²) in [6.45, 7) is 0.169. The van der Waals surface area contributed by atoms with Gasteiger partial charge in [0.2, 0.25) is 5.91 Å². The number of piperidine rings is 1. The van der Waals surface area contributed by atoms with Crippen molar-refractivity contribution in [3.05, 3.63) is 0 Å². The van der Waals surface area contributed by atoms with Gasteiger partial charge in [0.1, 0.15) is 5.84 Å². The zero-order valence-electron chi connectivity index (χ0n) is 14.3. The number of nitrogens with zero attached hydrogens (tertiary/aromatic N) is 2. The van der Waals surface area contributed by atoms with Gasteiger partial charge < -0.3 is 15.5 Å². The summed E-state index contributed by atoms with van der Waals surface area (Å²) in [5.41, 5.74) is 0. The van der Waals surface area contributed by atoms with Gasteiger partial charge in [-0.3, -0.25) is 14.8 Å². The highest BCUT2D eigenvalue weighted by Gasteiger charge is 2.48. The van der Waals surface area contributed by atoms with Crippen molar-refractivity contribution in [1.29, 1.82) is 5.41 Å². The molecule has 0 spiro atoms. The van der Waals surface area contributed by atoms with Gasteiger partial charge in [-0.2, -0.15) is 13.5 Å². The number of urea groups is 1. The molecule has 2 saturated heterocycles. The number of fused-ring (bicyclic) bond motifs is 2. The van der Waals surface area contributed by atoms with Crippen LogP contribution < -0.4 is 10.6 Å². The van der Waals surface area contributed by atoms with Crippen molar-refractivity contribution >= 4 is 28.2 Å². The maximum atomic E-state index is 12.4. The van der Waals surface area contributed by atoms with Gasteiger partial charge in [-0.25, -0.2) is 4.79 Å². The van der Waals surface area contributed by atoms with Crippen LogP contribution in [0.25, 0.3) is 0 Å². The average Bonchev–Trinajstić information content (AvgIpc) is 3.14. The van der Waals surface area contributed by atoms with Crippen molar-refractivity contribution in [1.82, 2.24) is 20.6 Å². The second kappa shape index (κ2) is 7.10. The standard InChI is InChI=1S/C14H23N5O6S/c1-16-9-3-2-8(6-9)13(20)17-12(15)11-5-4-10-7-18(11)14(21)19(10)25-26(22,23)24/h8-11,16H,2-7H2,1H3,(H2,15,17,20)(H,22,23,24)/t8?,9?,10-,11+/m1/s1. The quantitative estimate of drug-likeness (QED) is 0.280. The van der Waals surface area contributed by atoms with Gasteiger partial charge in [-0.1, -0.05) is 0 Å². The summed E-state index contributed by atoms with van der Waals surface area (Å²) < 4.78 is 34.9. The minimum Gasteiger partial charge on any atom is -0.317 e. The third kappa shape index (κ3) is 3.82. The third-order valence-electron chi connectivity index (χ3n) is 5.30. The van der Waals surface area contributed by atoms with Crippen LogP contribution in [0.5, 0.6) is 0 Å². The second-order valence-electron chi connectivity index (χ2n) is 6.91. The van der Waals surface area contributed by atoms with E-state index in [9.17, 15) is 18.0 Å². The first-order chi connectivity index (χ1) is 12.2. The number of amidine groups is 1. The number of carbonyl (C=O) groups excluding carboxylic acids is 2. The highest BCUT2D eigenvalue weighted by molar-refractivity contribution is 7.80. The van der Waals surface area contributed by atoms with Gasteiger partial charge in [-0.05, 0) is 39.2 Å². The molecule has 3 aliphatic rings. The van der Waals surface area contributed by atoms with E-state index in [-0.39, 0.29) is 24.2 Å². The van der Waals surface area contributed by atoms with E-state index in [2.05, 4.69) is 14.9 Å². The second-order valence-corrected chi connectivity index (χ2v) is 7.91. The minimum atomic E-state index is -4.81. The molecule has 2 aliphatic heterocycles. The first-order valence-electron chi connectivity index (χ1n) is 8.53. The topological polar surface area (TPSA) is 152 Å². The summed E-state index contributed by atoms with van der Waals surface area (Å²) >= 11 is 0. The highest BCUT2D eigenvalue weighted by atomic mass is 32.3. The molecule has 12 heteroatoms. The molecule has 2 unspecified atom stereocenters. The summed E-state index contributed by atoms with van der Waals surface area (Å²) in [4.78, 5) is 26.0. The van der Waals surface area contributed by atoms with E-state index in [0.717, 1.165) is 12.8 Å². The maximum Gasteiger partial charge on any atom is 0.418 e. The van der Waals surface area contributed by atoms with Crippen LogP contribution >= 0.6 is 0 Å². The van der Waals surface area contributed by atoms with Crippen LogP contribution in [-0.2, 0) is 19.5 Å². The number of carbonyl (C=O) groups is 2. The van der Waals surface area contributed by atoms with E-state index in [1.165, 1.54) is 4.90 Å². The van der Waals surface area contributed by atoms with Crippen LogP contribution in [0.1, 0.15) is 32.1 Å². The van der Waals surface area contributed by atoms with Crippen LogP contribution in [-0.4, -0.2) is 72.4 Å². The molecule has 0 aromatic heterocycles. The first kappa shape index (κ1) is 19.0. The molecule has 1 aliphatic carbocycles. The average molecular weight is 389 g/mol. The Bertz CT molecular complexity index is 713. The third-order valence-corrected chi connectivity index (χ3v) is 5.65. The highest BCUT2D eigenvalue weighted by Crippen LogP contribution is 2.31. The Labute approximate surface area is 151 Å². The Kier molecular flexibility index (Phi) is 5.19. The van der Waals surface area contributed by atoms with Crippen LogP contribution in [0.15, 0.2) is 0 Å². The van der Waals surface area contributed by atoms with Crippen molar-refractivity contribution in [2.75, 3.05) is 13.6 Å². The van der Waals surface area contributed by atoms with Gasteiger partial charge in [0.25, 0.3) is 0 Å². The number of hydrogen-bond donors (Lipinski definition) is 4. The molecule has 146 valence electrons. The lowest BCUT2D eigenvalue weighted by Crippen LogP contribution is -2.51. The molecule has 0 radical (unpaired) electrons. The van der Waals surface area contributed by atoms with Crippen molar-refractivity contribution in [3.8, 4) is 0 Å². The lowest BCUT2D eigenvalue weighted by molar-refractivity contribution is -0.123. The molecule has 0 aromatic rings. The minimum absolute atomic E-state index is 0.0802. The zero-order valence-corrected chi connectivity index (χ0v) is 15.2. The molecule has 1 saturated carbocycles. The van der Waals surface area contributed by atoms with Gasteiger partial charge in [0, 0.05) is 18.5 Å². The molecule has 2 heterocycles. The Hall–Kier alpha value is -1.76. The number of hydroxylamine groups is 2. The van der Waals surface area contributed by atoms with Crippen molar-refractivity contribution in [2.24, 2.45) is 5.92 Å². The summed E-state index contributed by atoms with van der Waals surface area (Å²) in [6.07, 6.45) is 3.15. The predicted molar refractivity (Wildman–Crippen MR) is 89.4 cm³/mol. The molecule has 0 aromatic carbocycles. The summed E-state index contributed by atoms with van der Waals surface area (Å²) in [5.74, 6) is -0.478. The number of rotatable bonds is 5. The SMILES string of the molecule is CNC1CCC(C(=O)NC(=N)[C@@H]2CC[C@@H]3CN2C(=O)N3OS(=O)(=O)O)C1. The summed E-state index contributed by atoms with van der Waals surface area (Å²) in [6, 6.07) is -1.62. The smallest absolute Gasteiger partial charge is 0.317 e. The molecule has 3 fully saturated rings. The number of amides is 3. The van der Waals surface area contributed by atoms with Gasteiger partial charge in [0.15, 0.2) is 0 Å². The van der Waals surface area contributed by atoms with Crippen LogP contribution in [0.2, 0.25) is 0 Å². The molecule has 3 rings (SSSR count). The molecule has 4 atom stereocenters. The van der Waals surface area contributed by atoms with Crippen LogP contribution in [0, 0.1) is 11.3 Å². The monoisotopic (exact) mass is 389 g/mol. The Balaban J connectivity index is 1.61. The first-order valence-corrected chi connectivity index (χ1v) is 9.89. The van der Waals surface area contributed by atoms with Gasteiger partial charge in [-0.15, -0.1) is 4.28 Å². The van der Waals surface area contributed by atoms with Crippen molar-refractivity contribution < 1.29 is 26.8 Å². The summed E-state index contributed by atoms with van der Waals surface area (Å²) in [5, 5.41) is 14.6. The van der Waals surface area contributed by atoms with Gasteiger partial charge in [0.05, 0.1) is 12.1 Å². The lowest BCUT2D eigenvalue weighted by Gasteiger charge is -2.31. The van der Waals surface area contributed by atoms with E-state index in [1.807, 2.05) is 7.05 Å². The summed E-state index contributed by atoms with van der Waals surface area (Å²) in [7, 11) is -2.95. The fraction of sp³-hybridized carbons (Fsp3) is 0.786. The molecule has 2 bridgehead atoms. The van der Waals surface area contributed by atoms with Crippen LogP contribution in [0.4, 0.5) is 4.79 Å².